The number of benzene rings is 2. The molecule has 0 spiro atoms. The van der Waals surface area contributed by atoms with Crippen molar-refractivity contribution >= 4 is 17.8 Å². The summed E-state index contributed by atoms with van der Waals surface area (Å²) < 4.78 is 10.7. The number of imide groups is 1. The fourth-order valence-electron chi connectivity index (χ4n) is 5.18. The molecule has 1 atom stereocenters. The van der Waals surface area contributed by atoms with Gasteiger partial charge < -0.3 is 19.9 Å². The third kappa shape index (κ3) is 5.55. The van der Waals surface area contributed by atoms with Crippen molar-refractivity contribution in [2.45, 2.75) is 63.8 Å². The number of rotatable bonds is 7. The van der Waals surface area contributed by atoms with Crippen molar-refractivity contribution in [3.63, 3.8) is 0 Å². The molecule has 4 rings (SSSR count). The number of esters is 1. The zero-order valence-electron chi connectivity index (χ0n) is 20.5. The quantitative estimate of drug-likeness (QED) is 0.463. The van der Waals surface area contributed by atoms with E-state index in [9.17, 15) is 19.5 Å². The van der Waals surface area contributed by atoms with Crippen LogP contribution in [0.4, 0.5) is 0 Å². The Balaban J connectivity index is 1.40. The second kappa shape index (κ2) is 9.43. The molecule has 2 amide bonds. The van der Waals surface area contributed by atoms with E-state index >= 15 is 0 Å². The normalized spacial score (nSPS) is 19.9. The highest BCUT2D eigenvalue weighted by atomic mass is 16.5. The first-order valence-electron chi connectivity index (χ1n) is 11.8. The van der Waals surface area contributed by atoms with E-state index in [0.717, 1.165) is 0 Å². The molecule has 2 aromatic carbocycles. The molecule has 8 heteroatoms. The fourth-order valence-corrected chi connectivity index (χ4v) is 5.18. The van der Waals surface area contributed by atoms with Gasteiger partial charge in [-0.3, -0.25) is 14.5 Å². The van der Waals surface area contributed by atoms with Gasteiger partial charge in [0.1, 0.15) is 25.1 Å². The highest BCUT2D eigenvalue weighted by Gasteiger charge is 2.47. The molecule has 35 heavy (non-hydrogen) atoms. The first-order valence-corrected chi connectivity index (χ1v) is 11.8. The average Bonchev–Trinajstić information content (AvgIpc) is 3.04. The number of carbonyl (C=O) groups excluding carboxylic acids is 3. The number of fused-ring (bicyclic) bond motifs is 1. The Labute approximate surface area is 205 Å². The van der Waals surface area contributed by atoms with Gasteiger partial charge in [0.2, 0.25) is 0 Å². The van der Waals surface area contributed by atoms with Crippen LogP contribution >= 0.6 is 0 Å². The topological polar surface area (TPSA) is 105 Å². The lowest BCUT2D eigenvalue weighted by Crippen LogP contribution is -2.62. The van der Waals surface area contributed by atoms with Crippen LogP contribution in [0, 0.1) is 0 Å². The number of hydrogen-bond acceptors (Lipinski definition) is 7. The predicted molar refractivity (Wildman–Crippen MR) is 129 cm³/mol. The second-order valence-corrected chi connectivity index (χ2v) is 10.6. The third-order valence-corrected chi connectivity index (χ3v) is 6.28. The Morgan fingerprint density at radius 1 is 1.00 bits per heavy atom. The van der Waals surface area contributed by atoms with Crippen molar-refractivity contribution in [1.82, 2.24) is 10.2 Å². The highest BCUT2D eigenvalue weighted by molar-refractivity contribution is 6.22. The van der Waals surface area contributed by atoms with Crippen molar-refractivity contribution in [2.75, 3.05) is 13.2 Å². The lowest BCUT2D eigenvalue weighted by molar-refractivity contribution is 0.0130. The number of hydrogen-bond donors (Lipinski definition) is 2. The minimum absolute atomic E-state index is 0.0353. The van der Waals surface area contributed by atoms with Crippen LogP contribution in [0.5, 0.6) is 5.75 Å². The van der Waals surface area contributed by atoms with Crippen LogP contribution in [0.25, 0.3) is 0 Å². The predicted octanol–water partition coefficient (Wildman–Crippen LogP) is 3.19. The molecule has 1 unspecified atom stereocenters. The smallest absolute Gasteiger partial charge is 0.338 e. The van der Waals surface area contributed by atoms with Gasteiger partial charge in [0.25, 0.3) is 11.8 Å². The summed E-state index contributed by atoms with van der Waals surface area (Å²) in [6.07, 6.45) is 0.262. The number of aliphatic hydroxyl groups is 1. The van der Waals surface area contributed by atoms with Crippen molar-refractivity contribution in [2.24, 2.45) is 0 Å². The van der Waals surface area contributed by atoms with E-state index in [1.807, 2.05) is 18.2 Å². The van der Waals surface area contributed by atoms with Crippen LogP contribution in [-0.4, -0.2) is 64.2 Å². The summed E-state index contributed by atoms with van der Waals surface area (Å²) in [5.41, 5.74) is 0.168. The molecule has 186 valence electrons. The number of ether oxygens (including phenoxy) is 2. The number of piperidine rings is 1. The van der Waals surface area contributed by atoms with Crippen LogP contribution in [0.15, 0.2) is 48.5 Å². The van der Waals surface area contributed by atoms with Crippen molar-refractivity contribution in [3.8, 4) is 5.75 Å². The Morgan fingerprint density at radius 2 is 1.63 bits per heavy atom. The number of nitrogens with one attached hydrogen (secondary N) is 1. The molecule has 2 aliphatic rings. The maximum atomic E-state index is 13.3. The van der Waals surface area contributed by atoms with E-state index in [-0.39, 0.29) is 52.9 Å². The average molecular weight is 481 g/mol. The minimum Gasteiger partial charge on any atom is -0.491 e. The van der Waals surface area contributed by atoms with Crippen LogP contribution in [0.1, 0.15) is 71.6 Å². The first kappa shape index (κ1) is 24.9. The second-order valence-electron chi connectivity index (χ2n) is 10.6. The number of amides is 2. The van der Waals surface area contributed by atoms with Crippen molar-refractivity contribution < 1.29 is 29.0 Å². The van der Waals surface area contributed by atoms with Gasteiger partial charge in [0.05, 0.1) is 16.7 Å². The van der Waals surface area contributed by atoms with Crippen LogP contribution < -0.4 is 10.1 Å². The standard InChI is InChI=1S/C27H32N2O6/c1-26(2)13-18(14-27(3,4)28-26)29-23(31)21-11-10-17(12-22(21)24(29)32)25(33)35-16-19(30)15-34-20-8-6-5-7-9-20/h5-12,18-19,28,30H,13-16H2,1-4H3. The molecule has 1 fully saturated rings. The van der Waals surface area contributed by atoms with Crippen molar-refractivity contribution in [3.05, 3.63) is 65.2 Å². The van der Waals surface area contributed by atoms with Gasteiger partial charge in [-0.15, -0.1) is 0 Å². The summed E-state index contributed by atoms with van der Waals surface area (Å²) in [6.45, 7) is 7.95. The molecule has 0 radical (unpaired) electrons. The summed E-state index contributed by atoms with van der Waals surface area (Å²) in [4.78, 5) is 40.3. The van der Waals surface area contributed by atoms with Gasteiger partial charge in [-0.1, -0.05) is 18.2 Å². The van der Waals surface area contributed by atoms with E-state index in [2.05, 4.69) is 33.0 Å². The molecule has 0 aromatic heterocycles. The maximum Gasteiger partial charge on any atom is 0.338 e. The fraction of sp³-hybridized carbons (Fsp3) is 0.444. The maximum absolute atomic E-state index is 13.3. The Bertz CT molecular complexity index is 1110. The SMILES string of the molecule is CC1(C)CC(N2C(=O)c3ccc(C(=O)OCC(O)COc4ccccc4)cc3C2=O)CC(C)(C)N1. The van der Waals surface area contributed by atoms with Gasteiger partial charge in [0.15, 0.2) is 0 Å². The molecule has 2 aliphatic heterocycles. The molecule has 0 bridgehead atoms. The van der Waals surface area contributed by atoms with Gasteiger partial charge in [0, 0.05) is 17.1 Å². The Morgan fingerprint density at radius 3 is 2.29 bits per heavy atom. The van der Waals surface area contributed by atoms with Gasteiger partial charge in [-0.05, 0) is 70.9 Å². The van der Waals surface area contributed by atoms with E-state index in [4.69, 9.17) is 9.47 Å². The zero-order valence-corrected chi connectivity index (χ0v) is 20.5. The van der Waals surface area contributed by atoms with Gasteiger partial charge >= 0.3 is 5.97 Å². The van der Waals surface area contributed by atoms with E-state index in [0.29, 0.717) is 18.6 Å². The van der Waals surface area contributed by atoms with Gasteiger partial charge in [-0.2, -0.15) is 0 Å². The van der Waals surface area contributed by atoms with Crippen molar-refractivity contribution in [1.29, 1.82) is 0 Å². The summed E-state index contributed by atoms with van der Waals surface area (Å²) in [5.74, 6) is -0.814. The van der Waals surface area contributed by atoms with Gasteiger partial charge in [-0.25, -0.2) is 4.79 Å². The minimum atomic E-state index is -1.01. The molecular formula is C27H32N2O6. The Kier molecular flexibility index (Phi) is 6.71. The largest absolute Gasteiger partial charge is 0.491 e. The lowest BCUT2D eigenvalue weighted by atomic mass is 9.79. The summed E-state index contributed by atoms with van der Waals surface area (Å²) in [7, 11) is 0. The number of aliphatic hydroxyl groups excluding tert-OH is 1. The summed E-state index contributed by atoms with van der Waals surface area (Å²) in [6, 6.07) is 13.1. The Hall–Kier alpha value is -3.23. The summed E-state index contributed by atoms with van der Waals surface area (Å²) in [5, 5.41) is 13.7. The zero-order chi connectivity index (χ0) is 25.4. The molecule has 2 aromatic rings. The molecule has 0 aliphatic carbocycles. The number of para-hydroxylation sites is 1. The molecule has 1 saturated heterocycles. The summed E-state index contributed by atoms with van der Waals surface area (Å²) >= 11 is 0. The lowest BCUT2D eigenvalue weighted by Gasteiger charge is -2.48. The number of nitrogens with zero attached hydrogens (tertiary/aromatic N) is 1. The van der Waals surface area contributed by atoms with E-state index < -0.39 is 18.0 Å². The molecule has 0 saturated carbocycles. The van der Waals surface area contributed by atoms with E-state index in [1.54, 1.807) is 12.1 Å². The third-order valence-electron chi connectivity index (χ3n) is 6.28. The molecule has 2 N–H and O–H groups in total. The molecular weight excluding hydrogens is 448 g/mol. The highest BCUT2D eigenvalue weighted by Crippen LogP contribution is 2.36. The van der Waals surface area contributed by atoms with Crippen LogP contribution in [0.3, 0.4) is 0 Å². The van der Waals surface area contributed by atoms with E-state index in [1.165, 1.54) is 23.1 Å². The number of carbonyl (C=O) groups is 3. The molecule has 8 nitrogen and oxygen atoms in total. The van der Waals surface area contributed by atoms with Crippen LogP contribution in [-0.2, 0) is 4.74 Å². The van der Waals surface area contributed by atoms with Crippen LogP contribution in [0.2, 0.25) is 0 Å². The monoisotopic (exact) mass is 480 g/mol. The molecule has 2 heterocycles. The first-order chi connectivity index (χ1) is 16.5.